The van der Waals surface area contributed by atoms with Crippen molar-refractivity contribution in [1.82, 2.24) is 4.90 Å². The molecular formula is C10H10BrNO3. The summed E-state index contributed by atoms with van der Waals surface area (Å²) < 4.78 is 5.87. The summed E-state index contributed by atoms with van der Waals surface area (Å²) in [6.07, 6.45) is 5.14. The fourth-order valence-electron chi connectivity index (χ4n) is 1.15. The number of carboxylic acids is 1. The van der Waals surface area contributed by atoms with Gasteiger partial charge >= 0.3 is 5.97 Å². The zero-order valence-corrected chi connectivity index (χ0v) is 9.53. The van der Waals surface area contributed by atoms with E-state index in [0.717, 1.165) is 0 Å². The lowest BCUT2D eigenvalue weighted by atomic mass is 10.4. The number of carbonyl (C=O) groups is 1. The van der Waals surface area contributed by atoms with Crippen molar-refractivity contribution in [3.05, 3.63) is 22.6 Å². The minimum absolute atomic E-state index is 0.0947. The molecule has 0 aliphatic rings. The minimum Gasteiger partial charge on any atom is -0.480 e. The number of halogens is 1. The van der Waals surface area contributed by atoms with Crippen molar-refractivity contribution < 1.29 is 14.3 Å². The van der Waals surface area contributed by atoms with Crippen LogP contribution < -0.4 is 0 Å². The molecule has 80 valence electrons. The highest BCUT2D eigenvalue weighted by Crippen LogP contribution is 2.15. The molecule has 0 spiro atoms. The fourth-order valence-corrected chi connectivity index (χ4v) is 1.49. The topological polar surface area (TPSA) is 53.7 Å². The molecule has 0 saturated heterocycles. The first kappa shape index (κ1) is 11.8. The second-order valence-corrected chi connectivity index (χ2v) is 3.73. The number of hydrogen-bond donors (Lipinski definition) is 1. The summed E-state index contributed by atoms with van der Waals surface area (Å²) in [5.74, 6) is 2.18. The summed E-state index contributed by atoms with van der Waals surface area (Å²) >= 11 is 3.17. The molecule has 5 heteroatoms. The minimum atomic E-state index is -0.907. The maximum absolute atomic E-state index is 10.5. The lowest BCUT2D eigenvalue weighted by Gasteiger charge is -2.15. The predicted molar refractivity (Wildman–Crippen MR) is 58.2 cm³/mol. The monoisotopic (exact) mass is 271 g/mol. The average Bonchev–Trinajstić information content (AvgIpc) is 2.50. The zero-order valence-electron chi connectivity index (χ0n) is 7.94. The van der Waals surface area contributed by atoms with Gasteiger partial charge < -0.3 is 9.52 Å². The van der Waals surface area contributed by atoms with Crippen LogP contribution in [0.3, 0.4) is 0 Å². The van der Waals surface area contributed by atoms with Gasteiger partial charge in [0, 0.05) is 0 Å². The SMILES string of the molecule is C#CCN(CC(=O)O)Cc1ccc(Br)o1. The largest absolute Gasteiger partial charge is 0.480 e. The maximum atomic E-state index is 10.5. The average molecular weight is 272 g/mol. The third kappa shape index (κ3) is 4.19. The summed E-state index contributed by atoms with van der Waals surface area (Å²) in [7, 11) is 0. The van der Waals surface area contributed by atoms with Crippen LogP contribution in [0.5, 0.6) is 0 Å². The zero-order chi connectivity index (χ0) is 11.3. The molecule has 0 aromatic carbocycles. The van der Waals surface area contributed by atoms with Gasteiger partial charge in [-0.25, -0.2) is 0 Å². The van der Waals surface area contributed by atoms with E-state index in [4.69, 9.17) is 15.9 Å². The van der Waals surface area contributed by atoms with E-state index in [0.29, 0.717) is 17.0 Å². The highest BCUT2D eigenvalue weighted by molar-refractivity contribution is 9.10. The third-order valence-corrected chi connectivity index (χ3v) is 2.11. The molecular weight excluding hydrogens is 262 g/mol. The Balaban J connectivity index is 2.58. The molecule has 15 heavy (non-hydrogen) atoms. The molecule has 0 amide bonds. The van der Waals surface area contributed by atoms with E-state index < -0.39 is 5.97 Å². The van der Waals surface area contributed by atoms with Gasteiger partial charge in [0.15, 0.2) is 4.67 Å². The summed E-state index contributed by atoms with van der Waals surface area (Å²) in [4.78, 5) is 12.1. The van der Waals surface area contributed by atoms with Crippen molar-refractivity contribution >= 4 is 21.9 Å². The number of furan rings is 1. The van der Waals surface area contributed by atoms with Gasteiger partial charge in [0.05, 0.1) is 19.6 Å². The van der Waals surface area contributed by atoms with Crippen LogP contribution in [0.2, 0.25) is 0 Å². The van der Waals surface area contributed by atoms with E-state index in [9.17, 15) is 4.79 Å². The first-order chi connectivity index (χ1) is 7.11. The Morgan fingerprint density at radius 2 is 2.40 bits per heavy atom. The first-order valence-electron chi connectivity index (χ1n) is 4.23. The number of nitrogens with zero attached hydrogens (tertiary/aromatic N) is 1. The first-order valence-corrected chi connectivity index (χ1v) is 5.03. The van der Waals surface area contributed by atoms with Crippen molar-refractivity contribution in [2.75, 3.05) is 13.1 Å². The highest BCUT2D eigenvalue weighted by atomic mass is 79.9. The van der Waals surface area contributed by atoms with E-state index in [-0.39, 0.29) is 13.1 Å². The summed E-state index contributed by atoms with van der Waals surface area (Å²) in [6, 6.07) is 3.53. The van der Waals surface area contributed by atoms with Crippen LogP contribution >= 0.6 is 15.9 Å². The Bertz CT molecular complexity index is 380. The molecule has 0 atom stereocenters. The fraction of sp³-hybridized carbons (Fsp3) is 0.300. The van der Waals surface area contributed by atoms with Gasteiger partial charge in [-0.2, -0.15) is 0 Å². The molecule has 0 aliphatic heterocycles. The van der Waals surface area contributed by atoms with E-state index in [1.807, 2.05) is 0 Å². The molecule has 0 saturated carbocycles. The Hall–Kier alpha value is -1.25. The van der Waals surface area contributed by atoms with Crippen molar-refractivity contribution in [3.63, 3.8) is 0 Å². The van der Waals surface area contributed by atoms with Crippen molar-refractivity contribution in [1.29, 1.82) is 0 Å². The molecule has 1 rings (SSSR count). The van der Waals surface area contributed by atoms with Crippen LogP contribution in [0.25, 0.3) is 0 Å². The van der Waals surface area contributed by atoms with Crippen molar-refractivity contribution in [2.45, 2.75) is 6.54 Å². The number of rotatable bonds is 5. The van der Waals surface area contributed by atoms with Gasteiger partial charge in [-0.1, -0.05) is 5.92 Å². The number of hydrogen-bond acceptors (Lipinski definition) is 3. The van der Waals surface area contributed by atoms with Crippen LogP contribution in [0.15, 0.2) is 21.2 Å². The van der Waals surface area contributed by atoms with Crippen LogP contribution in [0, 0.1) is 12.3 Å². The third-order valence-electron chi connectivity index (χ3n) is 1.68. The summed E-state index contributed by atoms with van der Waals surface area (Å²) in [6.45, 7) is 0.579. The smallest absolute Gasteiger partial charge is 0.317 e. The Morgan fingerprint density at radius 3 is 2.87 bits per heavy atom. The molecule has 4 nitrogen and oxygen atoms in total. The molecule has 0 fully saturated rings. The van der Waals surface area contributed by atoms with E-state index >= 15 is 0 Å². The number of carboxylic acid groups (broad SMARTS) is 1. The standard InChI is InChI=1S/C10H10BrNO3/c1-2-5-12(7-10(13)14)6-8-3-4-9(11)15-8/h1,3-4H,5-7H2,(H,13,14). The molecule has 1 N–H and O–H groups in total. The van der Waals surface area contributed by atoms with Crippen molar-refractivity contribution in [2.24, 2.45) is 0 Å². The van der Waals surface area contributed by atoms with Gasteiger partial charge in [-0.05, 0) is 28.1 Å². The normalized spacial score (nSPS) is 10.2. The van der Waals surface area contributed by atoms with Gasteiger partial charge in [0.2, 0.25) is 0 Å². The lowest BCUT2D eigenvalue weighted by Crippen LogP contribution is -2.29. The second kappa shape index (κ2) is 5.59. The summed E-state index contributed by atoms with van der Waals surface area (Å²) in [5.41, 5.74) is 0. The van der Waals surface area contributed by atoms with Gasteiger partial charge in [0.1, 0.15) is 5.76 Å². The van der Waals surface area contributed by atoms with E-state index in [1.54, 1.807) is 17.0 Å². The Labute approximate surface area is 96.0 Å². The number of terminal acetylenes is 1. The summed E-state index contributed by atoms with van der Waals surface area (Å²) in [5, 5.41) is 8.64. The molecule has 0 bridgehead atoms. The molecule has 0 radical (unpaired) electrons. The molecule has 1 aromatic heterocycles. The van der Waals surface area contributed by atoms with Gasteiger partial charge in [-0.3, -0.25) is 9.69 Å². The van der Waals surface area contributed by atoms with Crippen LogP contribution in [-0.4, -0.2) is 29.1 Å². The number of aliphatic carboxylic acids is 1. The molecule has 1 heterocycles. The van der Waals surface area contributed by atoms with E-state index in [1.165, 1.54) is 0 Å². The quantitative estimate of drug-likeness (QED) is 0.826. The van der Waals surface area contributed by atoms with E-state index in [2.05, 4.69) is 21.9 Å². The Morgan fingerprint density at radius 1 is 1.67 bits per heavy atom. The Kier molecular flexibility index (Phi) is 4.40. The van der Waals surface area contributed by atoms with Gasteiger partial charge in [0.25, 0.3) is 0 Å². The van der Waals surface area contributed by atoms with Crippen LogP contribution in [0.4, 0.5) is 0 Å². The highest BCUT2D eigenvalue weighted by Gasteiger charge is 2.11. The van der Waals surface area contributed by atoms with Crippen LogP contribution in [0.1, 0.15) is 5.76 Å². The molecule has 0 unspecified atom stereocenters. The van der Waals surface area contributed by atoms with Crippen LogP contribution in [-0.2, 0) is 11.3 Å². The second-order valence-electron chi connectivity index (χ2n) is 2.95. The van der Waals surface area contributed by atoms with Gasteiger partial charge in [-0.15, -0.1) is 6.42 Å². The molecule has 1 aromatic rings. The maximum Gasteiger partial charge on any atom is 0.317 e. The predicted octanol–water partition coefficient (Wildman–Crippen LogP) is 1.56. The molecule has 0 aliphatic carbocycles. The van der Waals surface area contributed by atoms with Crippen molar-refractivity contribution in [3.8, 4) is 12.3 Å². The lowest BCUT2D eigenvalue weighted by molar-refractivity contribution is -0.138.